The van der Waals surface area contributed by atoms with Crippen molar-refractivity contribution in [2.24, 2.45) is 34.5 Å². The fourth-order valence-corrected chi connectivity index (χ4v) is 7.13. The third kappa shape index (κ3) is 3.59. The average Bonchev–Trinajstić information content (AvgIpc) is 3.07. The van der Waals surface area contributed by atoms with Crippen LogP contribution in [0, 0.1) is 34.5 Å². The van der Waals surface area contributed by atoms with Crippen molar-refractivity contribution < 1.29 is 20.1 Å². The lowest BCUT2D eigenvalue weighted by atomic mass is 9.52. The highest BCUT2D eigenvalue weighted by molar-refractivity contribution is 5.92. The summed E-state index contributed by atoms with van der Waals surface area (Å²) in [5, 5.41) is 31.6. The maximum Gasteiger partial charge on any atom is 0.156 e. The van der Waals surface area contributed by atoms with E-state index in [1.54, 1.807) is 13.8 Å². The number of hydrogen-bond donors (Lipinski definition) is 3. The number of carbonyl (C=O) groups is 1. The standard InChI is InChI=1S/C28H40O4/c1-17(6-7-19(16-29)26(2,3)32)22-10-11-23-21-9-8-18-14-20(30)12-13-27(18,4)24(21)15-25(31)28(22,23)5/h6-9,14,17,19,22,24-25,29,31-32H,10-13,15-16H2,1-5H3/b7-6+/t17-,19-,22-,24+,25-,27+,28-/m1/s1. The monoisotopic (exact) mass is 440 g/mol. The molecule has 32 heavy (non-hydrogen) atoms. The minimum atomic E-state index is -0.968. The molecule has 0 saturated heterocycles. The molecule has 4 heteroatoms. The number of ketones is 1. The van der Waals surface area contributed by atoms with Gasteiger partial charge in [-0.2, -0.15) is 0 Å². The van der Waals surface area contributed by atoms with Crippen LogP contribution in [0.25, 0.3) is 0 Å². The second-order valence-electron chi connectivity index (χ2n) is 11.7. The Morgan fingerprint density at radius 1 is 1.22 bits per heavy atom. The van der Waals surface area contributed by atoms with Crippen molar-refractivity contribution in [1.82, 2.24) is 0 Å². The van der Waals surface area contributed by atoms with Crippen LogP contribution in [-0.4, -0.2) is 39.4 Å². The number of carbonyl (C=O) groups excluding carboxylic acids is 1. The summed E-state index contributed by atoms with van der Waals surface area (Å²) in [6, 6.07) is 0. The molecule has 0 aromatic rings. The normalized spacial score (nSPS) is 38.9. The Morgan fingerprint density at radius 2 is 1.94 bits per heavy atom. The Balaban J connectivity index is 1.68. The van der Waals surface area contributed by atoms with Gasteiger partial charge in [0.2, 0.25) is 0 Å². The molecule has 4 nitrogen and oxygen atoms in total. The molecule has 176 valence electrons. The van der Waals surface area contributed by atoms with Crippen LogP contribution >= 0.6 is 0 Å². The van der Waals surface area contributed by atoms with Gasteiger partial charge in [-0.3, -0.25) is 4.79 Å². The van der Waals surface area contributed by atoms with Gasteiger partial charge < -0.3 is 15.3 Å². The molecule has 1 fully saturated rings. The maximum absolute atomic E-state index is 12.0. The minimum Gasteiger partial charge on any atom is -0.396 e. The number of hydrogen-bond acceptors (Lipinski definition) is 4. The first-order chi connectivity index (χ1) is 14.9. The second-order valence-corrected chi connectivity index (χ2v) is 11.7. The zero-order valence-electron chi connectivity index (χ0n) is 20.3. The van der Waals surface area contributed by atoms with Crippen molar-refractivity contribution in [2.75, 3.05) is 6.61 Å². The molecule has 0 bridgehead atoms. The summed E-state index contributed by atoms with van der Waals surface area (Å²) in [6.45, 7) is 10.1. The van der Waals surface area contributed by atoms with Crippen molar-refractivity contribution >= 4 is 5.78 Å². The van der Waals surface area contributed by atoms with Crippen molar-refractivity contribution in [3.8, 4) is 0 Å². The van der Waals surface area contributed by atoms with Gasteiger partial charge in [0.15, 0.2) is 5.78 Å². The number of fused-ring (bicyclic) bond motifs is 4. The summed E-state index contributed by atoms with van der Waals surface area (Å²) in [5.41, 5.74) is 2.62. The molecular weight excluding hydrogens is 400 g/mol. The van der Waals surface area contributed by atoms with Crippen LogP contribution in [0.5, 0.6) is 0 Å². The van der Waals surface area contributed by atoms with E-state index in [0.717, 1.165) is 31.3 Å². The zero-order chi connectivity index (χ0) is 23.5. The molecule has 0 radical (unpaired) electrons. The van der Waals surface area contributed by atoms with Gasteiger partial charge in [0.25, 0.3) is 0 Å². The van der Waals surface area contributed by atoms with Crippen molar-refractivity contribution in [1.29, 1.82) is 0 Å². The Hall–Kier alpha value is -1.49. The van der Waals surface area contributed by atoms with Crippen LogP contribution in [0.4, 0.5) is 0 Å². The third-order valence-electron chi connectivity index (χ3n) is 9.46. The van der Waals surface area contributed by atoms with E-state index in [1.807, 2.05) is 12.2 Å². The van der Waals surface area contributed by atoms with Crippen molar-refractivity contribution in [2.45, 2.75) is 78.4 Å². The van der Waals surface area contributed by atoms with E-state index in [-0.39, 0.29) is 41.0 Å². The third-order valence-corrected chi connectivity index (χ3v) is 9.46. The first-order valence-corrected chi connectivity index (χ1v) is 12.3. The molecule has 1 saturated carbocycles. The summed E-state index contributed by atoms with van der Waals surface area (Å²) in [7, 11) is 0. The zero-order valence-corrected chi connectivity index (χ0v) is 20.3. The molecule has 4 rings (SSSR count). The van der Waals surface area contributed by atoms with E-state index in [0.29, 0.717) is 12.3 Å². The number of rotatable bonds is 5. The molecule has 7 atom stereocenters. The van der Waals surface area contributed by atoms with Crippen LogP contribution in [0.1, 0.15) is 66.7 Å². The molecule has 3 N–H and O–H groups in total. The van der Waals surface area contributed by atoms with Crippen LogP contribution < -0.4 is 0 Å². The van der Waals surface area contributed by atoms with Crippen LogP contribution in [0.3, 0.4) is 0 Å². The van der Waals surface area contributed by atoms with Gasteiger partial charge in [-0.05, 0) is 79.9 Å². The first kappa shape index (κ1) is 23.7. The molecule has 0 spiro atoms. The Labute approximate surface area is 192 Å². The van der Waals surface area contributed by atoms with Gasteiger partial charge >= 0.3 is 0 Å². The average molecular weight is 441 g/mol. The second kappa shape index (κ2) is 8.07. The fraction of sp³-hybridized carbons (Fsp3) is 0.679. The van der Waals surface area contributed by atoms with Crippen LogP contribution in [-0.2, 0) is 4.79 Å². The molecule has 0 aromatic heterocycles. The fourth-order valence-electron chi connectivity index (χ4n) is 7.13. The first-order valence-electron chi connectivity index (χ1n) is 12.3. The molecule has 0 heterocycles. The molecule has 0 aliphatic heterocycles. The summed E-state index contributed by atoms with van der Waals surface area (Å²) in [5.74, 6) is 0.714. The Kier molecular flexibility index (Phi) is 5.97. The van der Waals surface area contributed by atoms with E-state index < -0.39 is 11.7 Å². The van der Waals surface area contributed by atoms with Crippen molar-refractivity contribution in [3.63, 3.8) is 0 Å². The van der Waals surface area contributed by atoms with E-state index >= 15 is 0 Å². The Bertz CT molecular complexity index is 901. The topological polar surface area (TPSA) is 77.8 Å². The molecule has 0 amide bonds. The van der Waals surface area contributed by atoms with Gasteiger partial charge in [-0.1, -0.05) is 50.6 Å². The maximum atomic E-state index is 12.0. The van der Waals surface area contributed by atoms with E-state index in [2.05, 4.69) is 39.0 Å². The summed E-state index contributed by atoms with van der Waals surface area (Å²) < 4.78 is 0. The number of aliphatic hydroxyl groups is 3. The highest BCUT2D eigenvalue weighted by Gasteiger charge is 2.57. The number of allylic oxidation sites excluding steroid dienone is 6. The van der Waals surface area contributed by atoms with E-state index in [9.17, 15) is 20.1 Å². The van der Waals surface area contributed by atoms with Crippen LogP contribution in [0.2, 0.25) is 0 Å². The predicted octanol–water partition coefficient (Wildman–Crippen LogP) is 4.52. The summed E-state index contributed by atoms with van der Waals surface area (Å²) in [6.07, 6.45) is 14.1. The lowest BCUT2D eigenvalue weighted by molar-refractivity contribution is -0.116. The molecule has 0 aromatic carbocycles. The van der Waals surface area contributed by atoms with Gasteiger partial charge in [-0.25, -0.2) is 0 Å². The minimum absolute atomic E-state index is 0.0715. The quantitative estimate of drug-likeness (QED) is 0.550. The van der Waals surface area contributed by atoms with E-state index in [4.69, 9.17) is 0 Å². The smallest absolute Gasteiger partial charge is 0.156 e. The highest BCUT2D eigenvalue weighted by atomic mass is 16.3. The summed E-state index contributed by atoms with van der Waals surface area (Å²) >= 11 is 0. The summed E-state index contributed by atoms with van der Waals surface area (Å²) in [4.78, 5) is 12.0. The van der Waals surface area contributed by atoms with Crippen molar-refractivity contribution in [3.05, 3.63) is 47.1 Å². The SMILES string of the molecule is C[C@H](/C=C/[C@H](CO)C(C)(C)O)[C@H]1CCC2=C3C=CC4=CC(=O)CC[C@]4(C)[C@H]3C[C@@H](O)[C@@]21C. The van der Waals surface area contributed by atoms with Gasteiger partial charge in [-0.15, -0.1) is 0 Å². The molecule has 4 aliphatic carbocycles. The van der Waals surface area contributed by atoms with Gasteiger partial charge in [0, 0.05) is 17.8 Å². The van der Waals surface area contributed by atoms with Gasteiger partial charge in [0.1, 0.15) is 0 Å². The molecular formula is C28H40O4. The Morgan fingerprint density at radius 3 is 2.59 bits per heavy atom. The largest absolute Gasteiger partial charge is 0.396 e. The number of aliphatic hydroxyl groups excluding tert-OH is 2. The lowest BCUT2D eigenvalue weighted by Gasteiger charge is -2.53. The molecule has 0 unspecified atom stereocenters. The van der Waals surface area contributed by atoms with E-state index in [1.165, 1.54) is 11.1 Å². The molecule has 4 aliphatic rings. The highest BCUT2D eigenvalue weighted by Crippen LogP contribution is 2.63. The van der Waals surface area contributed by atoms with Crippen LogP contribution in [0.15, 0.2) is 47.1 Å². The lowest BCUT2D eigenvalue weighted by Crippen LogP contribution is -2.48. The van der Waals surface area contributed by atoms with Gasteiger partial charge in [0.05, 0.1) is 18.3 Å². The predicted molar refractivity (Wildman–Crippen MR) is 127 cm³/mol.